The second-order valence-corrected chi connectivity index (χ2v) is 12.4. The summed E-state index contributed by atoms with van der Waals surface area (Å²) in [5.41, 5.74) is 3.09. The molecule has 0 saturated heterocycles. The number of carbonyl (C=O) groups is 1. The van der Waals surface area contributed by atoms with Crippen LogP contribution < -0.4 is 9.92 Å². The van der Waals surface area contributed by atoms with E-state index < -0.39 is 15.4 Å². The van der Waals surface area contributed by atoms with Crippen LogP contribution in [-0.4, -0.2) is 41.2 Å². The number of phenolic OH excluding ortho intramolecular Hbond substituents is 1. The molecule has 0 amide bonds. The molecule has 1 aromatic heterocycles. The van der Waals surface area contributed by atoms with Gasteiger partial charge in [0.2, 0.25) is 15.6 Å². The number of Topliss-reactive ketones (excluding diaryl/α,β-unsaturated/α-hetero) is 1. The van der Waals surface area contributed by atoms with Crippen molar-refractivity contribution in [3.8, 4) is 5.75 Å². The van der Waals surface area contributed by atoms with Gasteiger partial charge >= 0.3 is 0 Å². The van der Waals surface area contributed by atoms with Gasteiger partial charge in [-0.2, -0.15) is 0 Å². The number of nitrogens with zero attached hydrogens (tertiary/aromatic N) is 3. The summed E-state index contributed by atoms with van der Waals surface area (Å²) in [7, 11) is -3.69. The number of nitrogens with one attached hydrogen (secondary N) is 1. The Morgan fingerprint density at radius 3 is 2.08 bits per heavy atom. The average molecular weight is 616 g/mol. The average Bonchev–Trinajstić information content (AvgIpc) is 3.10. The highest BCUT2D eigenvalue weighted by atomic mass is 79.9. The molecule has 0 atom stereocenters. The number of sulfonamides is 1. The van der Waals surface area contributed by atoms with Crippen LogP contribution in [0, 0.1) is 5.41 Å². The molecule has 4 aromatic rings. The van der Waals surface area contributed by atoms with E-state index in [0.29, 0.717) is 12.1 Å². The first-order chi connectivity index (χ1) is 17.8. The zero-order valence-electron chi connectivity index (χ0n) is 22.8. The second-order valence-electron chi connectivity index (χ2n) is 10.5. The molecule has 0 unspecified atom stereocenters. The van der Waals surface area contributed by atoms with E-state index in [-0.39, 0.29) is 58.5 Å². The highest BCUT2D eigenvalue weighted by molar-refractivity contribution is 8.93. The lowest BCUT2D eigenvalue weighted by atomic mass is 9.84. The SMILES string of the molecule is Br.CCN(c1cc(C(=O)Cn2c(=N)n(Cc3ccccc3)c3ccccc32)cc(C(C)(C)C)c1O)S(C)(=O)=O. The summed E-state index contributed by atoms with van der Waals surface area (Å²) in [5.74, 6) is -0.447. The quantitative estimate of drug-likeness (QED) is 0.265. The molecule has 0 fully saturated rings. The minimum Gasteiger partial charge on any atom is -0.505 e. The molecule has 2 N–H and O–H groups in total. The molecule has 0 saturated carbocycles. The Labute approximate surface area is 239 Å². The fraction of sp³-hybridized carbons (Fsp3) is 0.310. The molecule has 0 spiro atoms. The van der Waals surface area contributed by atoms with Crippen molar-refractivity contribution in [2.45, 2.75) is 46.2 Å². The molecule has 1 heterocycles. The van der Waals surface area contributed by atoms with Gasteiger partial charge in [-0.1, -0.05) is 63.2 Å². The van der Waals surface area contributed by atoms with E-state index in [2.05, 4.69) is 0 Å². The Morgan fingerprint density at radius 1 is 0.974 bits per heavy atom. The van der Waals surface area contributed by atoms with Gasteiger partial charge in [0.25, 0.3) is 0 Å². The summed E-state index contributed by atoms with van der Waals surface area (Å²) < 4.78 is 29.6. The predicted octanol–water partition coefficient (Wildman–Crippen LogP) is 5.22. The Hall–Kier alpha value is -3.37. The number of rotatable bonds is 8. The van der Waals surface area contributed by atoms with E-state index in [9.17, 15) is 18.3 Å². The summed E-state index contributed by atoms with van der Waals surface area (Å²) in [6.07, 6.45) is 1.07. The number of imidazole rings is 1. The highest BCUT2D eigenvalue weighted by Gasteiger charge is 2.28. The first kappa shape index (κ1) is 30.2. The molecule has 39 heavy (non-hydrogen) atoms. The lowest BCUT2D eigenvalue weighted by Gasteiger charge is -2.27. The van der Waals surface area contributed by atoms with E-state index in [1.54, 1.807) is 17.6 Å². The molecule has 4 rings (SSSR count). The van der Waals surface area contributed by atoms with Crippen molar-refractivity contribution in [3.05, 3.63) is 89.0 Å². The number of hydrogen-bond acceptors (Lipinski definition) is 5. The molecule has 0 bridgehead atoms. The molecule has 208 valence electrons. The van der Waals surface area contributed by atoms with Crippen LogP contribution in [-0.2, 0) is 28.5 Å². The summed E-state index contributed by atoms with van der Waals surface area (Å²) in [4.78, 5) is 13.7. The molecule has 10 heteroatoms. The molecule has 0 radical (unpaired) electrons. The maximum absolute atomic E-state index is 13.7. The standard InChI is InChI=1S/C29H34N4O4S.BrH/c1-6-33(38(5,36)37)25-17-21(16-22(27(25)35)29(2,3)4)26(34)19-32-24-15-11-10-14-23(24)31(28(32)30)18-20-12-8-7-9-13-20;/h7-17,30,35H,6,18-19H2,1-5H3;1H. The van der Waals surface area contributed by atoms with Crippen LogP contribution in [0.1, 0.15) is 49.2 Å². The first-order valence-corrected chi connectivity index (χ1v) is 14.3. The van der Waals surface area contributed by atoms with Crippen molar-refractivity contribution < 1.29 is 18.3 Å². The highest BCUT2D eigenvalue weighted by Crippen LogP contribution is 2.40. The van der Waals surface area contributed by atoms with E-state index in [0.717, 1.165) is 27.2 Å². The normalized spacial score (nSPS) is 11.8. The molecule has 8 nitrogen and oxygen atoms in total. The van der Waals surface area contributed by atoms with E-state index in [4.69, 9.17) is 5.41 Å². The summed E-state index contributed by atoms with van der Waals surface area (Å²) in [6, 6.07) is 20.5. The minimum atomic E-state index is -3.69. The van der Waals surface area contributed by atoms with Crippen molar-refractivity contribution >= 4 is 49.5 Å². The number of anilines is 1. The Balaban J connectivity index is 0.00000420. The lowest BCUT2D eigenvalue weighted by Crippen LogP contribution is -2.31. The van der Waals surface area contributed by atoms with Crippen LogP contribution in [0.4, 0.5) is 5.69 Å². The van der Waals surface area contributed by atoms with Crippen molar-refractivity contribution in [2.24, 2.45) is 0 Å². The third kappa shape index (κ3) is 6.12. The van der Waals surface area contributed by atoms with Crippen molar-refractivity contribution in [3.63, 3.8) is 0 Å². The maximum atomic E-state index is 13.7. The van der Waals surface area contributed by atoms with Gasteiger partial charge in [0.15, 0.2) is 5.78 Å². The minimum absolute atomic E-state index is 0. The zero-order chi connectivity index (χ0) is 27.8. The number of ketones is 1. The van der Waals surface area contributed by atoms with Gasteiger partial charge in [-0.25, -0.2) is 8.42 Å². The number of halogens is 1. The smallest absolute Gasteiger partial charge is 0.232 e. The van der Waals surface area contributed by atoms with Gasteiger partial charge in [0.05, 0.1) is 36.1 Å². The summed E-state index contributed by atoms with van der Waals surface area (Å²) >= 11 is 0. The Bertz CT molecular complexity index is 1670. The fourth-order valence-corrected chi connectivity index (χ4v) is 5.71. The van der Waals surface area contributed by atoms with Crippen LogP contribution in [0.5, 0.6) is 5.75 Å². The third-order valence-corrected chi connectivity index (χ3v) is 7.89. The van der Waals surface area contributed by atoms with Gasteiger partial charge in [0.1, 0.15) is 5.75 Å². The molecule has 0 aliphatic heterocycles. The zero-order valence-corrected chi connectivity index (χ0v) is 25.3. The number of phenols is 1. The van der Waals surface area contributed by atoms with E-state index in [1.165, 1.54) is 6.07 Å². The van der Waals surface area contributed by atoms with Crippen LogP contribution in [0.3, 0.4) is 0 Å². The molecular formula is C29H35BrN4O4S. The van der Waals surface area contributed by atoms with E-state index in [1.807, 2.05) is 79.9 Å². The number of fused-ring (bicyclic) bond motifs is 1. The number of carbonyl (C=O) groups excluding carboxylic acids is 1. The number of aromatic nitrogens is 2. The van der Waals surface area contributed by atoms with Crippen molar-refractivity contribution in [2.75, 3.05) is 17.1 Å². The van der Waals surface area contributed by atoms with Gasteiger partial charge < -0.3 is 14.2 Å². The monoisotopic (exact) mass is 614 g/mol. The number of benzene rings is 3. The Kier molecular flexibility index (Phi) is 8.82. The molecule has 3 aromatic carbocycles. The van der Waals surface area contributed by atoms with Crippen LogP contribution >= 0.6 is 17.0 Å². The van der Waals surface area contributed by atoms with Crippen LogP contribution in [0.15, 0.2) is 66.7 Å². The fourth-order valence-electron chi connectivity index (χ4n) is 4.74. The molecule has 0 aliphatic rings. The summed E-state index contributed by atoms with van der Waals surface area (Å²) in [5, 5.41) is 20.0. The van der Waals surface area contributed by atoms with E-state index >= 15 is 0 Å². The number of para-hydroxylation sites is 2. The summed E-state index contributed by atoms with van der Waals surface area (Å²) in [6.45, 7) is 7.83. The van der Waals surface area contributed by atoms with Gasteiger partial charge in [-0.15, -0.1) is 17.0 Å². The topological polar surface area (TPSA) is 108 Å². The first-order valence-electron chi connectivity index (χ1n) is 12.5. The van der Waals surface area contributed by atoms with Gasteiger partial charge in [-0.3, -0.25) is 14.5 Å². The molecular weight excluding hydrogens is 580 g/mol. The Morgan fingerprint density at radius 2 is 1.54 bits per heavy atom. The largest absolute Gasteiger partial charge is 0.505 e. The van der Waals surface area contributed by atoms with Crippen molar-refractivity contribution in [1.29, 1.82) is 5.41 Å². The predicted molar refractivity (Wildman–Crippen MR) is 161 cm³/mol. The number of hydrogen-bond donors (Lipinski definition) is 2. The van der Waals surface area contributed by atoms with Crippen LogP contribution in [0.2, 0.25) is 0 Å². The second kappa shape index (κ2) is 11.4. The third-order valence-electron chi connectivity index (χ3n) is 6.64. The van der Waals surface area contributed by atoms with Crippen molar-refractivity contribution in [1.82, 2.24) is 9.13 Å². The maximum Gasteiger partial charge on any atom is 0.232 e. The van der Waals surface area contributed by atoms with Gasteiger partial charge in [0, 0.05) is 17.7 Å². The van der Waals surface area contributed by atoms with Crippen LogP contribution in [0.25, 0.3) is 11.0 Å². The van der Waals surface area contributed by atoms with Gasteiger partial charge in [-0.05, 0) is 42.2 Å². The molecule has 0 aliphatic carbocycles. The number of aromatic hydroxyl groups is 1. The lowest BCUT2D eigenvalue weighted by molar-refractivity contribution is 0.0971.